The Balaban J connectivity index is 1.44. The van der Waals surface area contributed by atoms with Gasteiger partial charge in [0.05, 0.1) is 35.6 Å². The van der Waals surface area contributed by atoms with E-state index < -0.39 is 16.0 Å². The number of aromatic nitrogens is 4. The van der Waals surface area contributed by atoms with Crippen molar-refractivity contribution in [3.8, 4) is 0 Å². The molecule has 1 fully saturated rings. The Bertz CT molecular complexity index is 1200. The number of esters is 1. The van der Waals surface area contributed by atoms with Crippen LogP contribution in [-0.4, -0.2) is 64.7 Å². The SMILES string of the molecule is Cc1nnc(COC(=O)CCc2nc3cc(S(=O)(=O)N4CCOCC4)ccc3n2C)o1. The molecule has 2 aromatic heterocycles. The maximum atomic E-state index is 12.9. The van der Waals surface area contributed by atoms with Gasteiger partial charge in [0.1, 0.15) is 5.82 Å². The largest absolute Gasteiger partial charge is 0.456 e. The van der Waals surface area contributed by atoms with Gasteiger partial charge in [-0.15, -0.1) is 10.2 Å². The summed E-state index contributed by atoms with van der Waals surface area (Å²) in [5, 5.41) is 7.45. The van der Waals surface area contributed by atoms with E-state index in [1.165, 1.54) is 4.31 Å². The fourth-order valence-electron chi connectivity index (χ4n) is 3.37. The van der Waals surface area contributed by atoms with Crippen LogP contribution < -0.4 is 0 Å². The van der Waals surface area contributed by atoms with Crippen LogP contribution in [0.4, 0.5) is 0 Å². The third-order valence-electron chi connectivity index (χ3n) is 5.03. The van der Waals surface area contributed by atoms with Crippen LogP contribution in [-0.2, 0) is 44.4 Å². The number of imidazole rings is 1. The predicted octanol–water partition coefficient (Wildman–Crippen LogP) is 0.962. The Morgan fingerprint density at radius 3 is 2.71 bits per heavy atom. The van der Waals surface area contributed by atoms with Gasteiger partial charge < -0.3 is 18.5 Å². The van der Waals surface area contributed by atoms with Gasteiger partial charge in [-0.25, -0.2) is 13.4 Å². The highest BCUT2D eigenvalue weighted by Gasteiger charge is 2.27. The van der Waals surface area contributed by atoms with Crippen LogP contribution in [0.1, 0.15) is 24.0 Å². The highest BCUT2D eigenvalue weighted by atomic mass is 32.2. The van der Waals surface area contributed by atoms with Crippen LogP contribution in [0.5, 0.6) is 0 Å². The van der Waals surface area contributed by atoms with Crippen LogP contribution >= 0.6 is 0 Å². The second-order valence-electron chi connectivity index (χ2n) is 7.13. The number of morpholine rings is 1. The molecule has 3 heterocycles. The van der Waals surface area contributed by atoms with Crippen molar-refractivity contribution in [1.82, 2.24) is 24.1 Å². The number of ether oxygens (including phenoxy) is 2. The molecule has 12 heteroatoms. The number of benzene rings is 1. The third kappa shape index (κ3) is 4.60. The molecule has 0 atom stereocenters. The van der Waals surface area contributed by atoms with Gasteiger partial charge >= 0.3 is 5.97 Å². The van der Waals surface area contributed by atoms with E-state index in [1.54, 1.807) is 25.1 Å². The van der Waals surface area contributed by atoms with Crippen molar-refractivity contribution in [2.45, 2.75) is 31.3 Å². The van der Waals surface area contributed by atoms with Crippen LogP contribution in [0, 0.1) is 6.92 Å². The maximum Gasteiger partial charge on any atom is 0.306 e. The summed E-state index contributed by atoms with van der Waals surface area (Å²) in [5.74, 6) is 0.878. The maximum absolute atomic E-state index is 12.9. The molecule has 0 aliphatic carbocycles. The van der Waals surface area contributed by atoms with Gasteiger partial charge in [0, 0.05) is 33.5 Å². The lowest BCUT2D eigenvalue weighted by atomic mass is 10.3. The molecule has 31 heavy (non-hydrogen) atoms. The van der Waals surface area contributed by atoms with E-state index in [0.29, 0.717) is 50.0 Å². The van der Waals surface area contributed by atoms with Gasteiger partial charge in [0.25, 0.3) is 5.89 Å². The number of fused-ring (bicyclic) bond motifs is 1. The van der Waals surface area contributed by atoms with E-state index in [0.717, 1.165) is 5.52 Å². The lowest BCUT2D eigenvalue weighted by Gasteiger charge is -2.26. The topological polar surface area (TPSA) is 130 Å². The van der Waals surface area contributed by atoms with Crippen LogP contribution in [0.25, 0.3) is 11.0 Å². The number of hydrogen-bond donors (Lipinski definition) is 0. The third-order valence-corrected chi connectivity index (χ3v) is 6.92. The Morgan fingerprint density at radius 1 is 1.23 bits per heavy atom. The second kappa shape index (κ2) is 8.73. The number of nitrogens with zero attached hydrogens (tertiary/aromatic N) is 5. The first-order valence-corrected chi connectivity index (χ1v) is 11.3. The van der Waals surface area contributed by atoms with Gasteiger partial charge in [0.2, 0.25) is 15.9 Å². The Morgan fingerprint density at radius 2 is 2.00 bits per heavy atom. The molecule has 1 aliphatic rings. The van der Waals surface area contributed by atoms with Gasteiger partial charge in [-0.3, -0.25) is 4.79 Å². The average molecular weight is 449 g/mol. The summed E-state index contributed by atoms with van der Waals surface area (Å²) in [6, 6.07) is 4.88. The molecule has 0 bridgehead atoms. The van der Waals surface area contributed by atoms with Gasteiger partial charge in [-0.1, -0.05) is 0 Å². The first kappa shape index (κ1) is 21.4. The molecule has 0 saturated carbocycles. The lowest BCUT2D eigenvalue weighted by Crippen LogP contribution is -2.40. The van der Waals surface area contributed by atoms with Crippen LogP contribution in [0.2, 0.25) is 0 Å². The smallest absolute Gasteiger partial charge is 0.306 e. The highest BCUT2D eigenvalue weighted by molar-refractivity contribution is 7.89. The molecule has 0 unspecified atom stereocenters. The van der Waals surface area contributed by atoms with E-state index in [2.05, 4.69) is 15.2 Å². The first-order valence-electron chi connectivity index (χ1n) is 9.82. The molecule has 0 amide bonds. The molecular weight excluding hydrogens is 426 g/mol. The number of sulfonamides is 1. The molecule has 4 rings (SSSR count). The van der Waals surface area contributed by atoms with Crippen molar-refractivity contribution >= 4 is 27.0 Å². The van der Waals surface area contributed by atoms with Crippen LogP contribution in [0.15, 0.2) is 27.5 Å². The van der Waals surface area contributed by atoms with E-state index in [1.807, 2.05) is 11.6 Å². The van der Waals surface area contributed by atoms with Gasteiger partial charge in [-0.05, 0) is 18.2 Å². The fraction of sp³-hybridized carbons (Fsp3) is 0.474. The minimum absolute atomic E-state index is 0.0784. The molecular formula is C19H23N5O6S. The normalized spacial score (nSPS) is 15.4. The van der Waals surface area contributed by atoms with Crippen molar-refractivity contribution in [3.05, 3.63) is 35.8 Å². The molecule has 0 radical (unpaired) electrons. The number of carbonyl (C=O) groups excluding carboxylic acids is 1. The summed E-state index contributed by atoms with van der Waals surface area (Å²) >= 11 is 0. The number of aryl methyl sites for hydroxylation is 3. The van der Waals surface area contributed by atoms with E-state index >= 15 is 0 Å². The fourth-order valence-corrected chi connectivity index (χ4v) is 4.80. The molecule has 11 nitrogen and oxygen atoms in total. The van der Waals surface area contributed by atoms with Crippen molar-refractivity contribution in [3.63, 3.8) is 0 Å². The van der Waals surface area contributed by atoms with Crippen molar-refractivity contribution in [2.75, 3.05) is 26.3 Å². The zero-order chi connectivity index (χ0) is 22.0. The van der Waals surface area contributed by atoms with Crippen molar-refractivity contribution in [2.24, 2.45) is 7.05 Å². The van der Waals surface area contributed by atoms with Crippen LogP contribution in [0.3, 0.4) is 0 Å². The molecule has 0 N–H and O–H groups in total. The lowest BCUT2D eigenvalue weighted by molar-refractivity contribution is -0.145. The molecule has 0 spiro atoms. The number of rotatable bonds is 7. The van der Waals surface area contributed by atoms with E-state index in [-0.39, 0.29) is 23.8 Å². The predicted molar refractivity (Wildman–Crippen MR) is 107 cm³/mol. The molecule has 1 aromatic carbocycles. The standard InChI is InChI=1S/C19H23N5O6S/c1-13-21-22-18(30-13)12-29-19(25)6-5-17-20-15-11-14(3-4-16(15)23(17)2)31(26,27)24-7-9-28-10-8-24/h3-4,11H,5-10,12H2,1-2H3. The van der Waals surface area contributed by atoms with E-state index in [9.17, 15) is 13.2 Å². The van der Waals surface area contributed by atoms with Crippen molar-refractivity contribution in [1.29, 1.82) is 0 Å². The molecule has 3 aromatic rings. The molecule has 1 aliphatic heterocycles. The first-order chi connectivity index (χ1) is 14.8. The zero-order valence-electron chi connectivity index (χ0n) is 17.3. The van der Waals surface area contributed by atoms with Gasteiger partial charge in [0.15, 0.2) is 6.61 Å². The second-order valence-corrected chi connectivity index (χ2v) is 9.07. The minimum Gasteiger partial charge on any atom is -0.456 e. The summed E-state index contributed by atoms with van der Waals surface area (Å²) in [6.07, 6.45) is 0.460. The Labute approximate surface area is 179 Å². The summed E-state index contributed by atoms with van der Waals surface area (Å²) < 4.78 is 44.6. The van der Waals surface area contributed by atoms with Gasteiger partial charge in [-0.2, -0.15) is 4.31 Å². The summed E-state index contributed by atoms with van der Waals surface area (Å²) in [6.45, 7) is 3.01. The number of carbonyl (C=O) groups is 1. The quantitative estimate of drug-likeness (QED) is 0.484. The average Bonchev–Trinajstić information content (AvgIpc) is 3.33. The van der Waals surface area contributed by atoms with E-state index in [4.69, 9.17) is 13.9 Å². The highest BCUT2D eigenvalue weighted by Crippen LogP contribution is 2.23. The molecule has 1 saturated heterocycles. The summed E-state index contributed by atoms with van der Waals surface area (Å²) in [5.41, 5.74) is 1.34. The zero-order valence-corrected chi connectivity index (χ0v) is 18.1. The Kier molecular flexibility index (Phi) is 6.03. The van der Waals surface area contributed by atoms with Crippen molar-refractivity contribution < 1.29 is 27.1 Å². The number of hydrogen-bond acceptors (Lipinski definition) is 9. The minimum atomic E-state index is -3.60. The molecule has 166 valence electrons. The summed E-state index contributed by atoms with van der Waals surface area (Å²) in [7, 11) is -1.78. The summed E-state index contributed by atoms with van der Waals surface area (Å²) in [4.78, 5) is 16.8. The monoisotopic (exact) mass is 449 g/mol. The Hall–Kier alpha value is -2.83.